The summed E-state index contributed by atoms with van der Waals surface area (Å²) in [6.45, 7) is 0.509. The Morgan fingerprint density at radius 2 is 2.17 bits per heavy atom. The average Bonchev–Trinajstić information content (AvgIpc) is 1.85. The van der Waals surface area contributed by atoms with E-state index in [0.29, 0.717) is 17.7 Å². The molecule has 12 heavy (non-hydrogen) atoms. The fraction of sp³-hybridized carbons (Fsp3) is 0.333. The van der Waals surface area contributed by atoms with Crippen LogP contribution in [0, 0.1) is 4.77 Å². The first-order valence-electron chi connectivity index (χ1n) is 3.25. The number of hydrogen-bond acceptors (Lipinski definition) is 3. The molecule has 68 valence electrons. The lowest BCUT2D eigenvalue weighted by molar-refractivity contribution is 0.894. The Morgan fingerprint density at radius 3 is 2.67 bits per heavy atom. The van der Waals surface area contributed by atoms with E-state index in [4.69, 9.17) is 18.0 Å². The number of nitrogens with one attached hydrogen (secondary N) is 2. The molecule has 1 rings (SSSR count). The first-order valence-corrected chi connectivity index (χ1v) is 3.66. The minimum Gasteiger partial charge on any atom is -0.336 e. The highest BCUT2D eigenvalue weighted by Crippen LogP contribution is 1.87. The fourth-order valence-electron chi connectivity index (χ4n) is 0.810. The van der Waals surface area contributed by atoms with Crippen LogP contribution in [0.15, 0.2) is 10.9 Å². The molecule has 0 unspecified atom stereocenters. The van der Waals surface area contributed by atoms with Crippen LogP contribution in [0.4, 0.5) is 0 Å². The number of aromatic amines is 2. The molecule has 0 aliphatic carbocycles. The van der Waals surface area contributed by atoms with Crippen molar-refractivity contribution in [2.75, 3.05) is 6.54 Å². The molecule has 1 heterocycles. The Labute approximate surface area is 80.6 Å². The minimum absolute atomic E-state index is 0. The second-order valence-corrected chi connectivity index (χ2v) is 2.56. The lowest BCUT2D eigenvalue weighted by atomic mass is 10.3. The van der Waals surface area contributed by atoms with Crippen LogP contribution in [0.2, 0.25) is 0 Å². The standard InChI is InChI=1S/C6H9N3OS.ClH/c7-2-1-4-3-5(10)9-6(11)8-4;/h3H,1-2,7H2,(H2,8,9,10,11);1H. The lowest BCUT2D eigenvalue weighted by Crippen LogP contribution is -2.11. The van der Waals surface area contributed by atoms with Gasteiger partial charge < -0.3 is 10.7 Å². The molecule has 0 amide bonds. The van der Waals surface area contributed by atoms with E-state index in [1.807, 2.05) is 0 Å². The van der Waals surface area contributed by atoms with Crippen molar-refractivity contribution in [3.8, 4) is 0 Å². The Morgan fingerprint density at radius 1 is 1.50 bits per heavy atom. The maximum absolute atomic E-state index is 10.8. The SMILES string of the molecule is Cl.NCCc1cc(=O)[nH]c(=S)[nH]1. The van der Waals surface area contributed by atoms with Crippen molar-refractivity contribution in [2.45, 2.75) is 6.42 Å². The van der Waals surface area contributed by atoms with Gasteiger partial charge in [0, 0.05) is 11.8 Å². The molecule has 0 saturated carbocycles. The fourth-order valence-corrected chi connectivity index (χ4v) is 1.04. The van der Waals surface area contributed by atoms with Crippen LogP contribution in [0.1, 0.15) is 5.69 Å². The van der Waals surface area contributed by atoms with E-state index >= 15 is 0 Å². The number of aromatic nitrogens is 2. The van der Waals surface area contributed by atoms with Gasteiger partial charge in [0.2, 0.25) is 0 Å². The molecule has 6 heteroatoms. The van der Waals surface area contributed by atoms with Gasteiger partial charge in [-0.25, -0.2) is 0 Å². The van der Waals surface area contributed by atoms with E-state index in [2.05, 4.69) is 9.97 Å². The van der Waals surface area contributed by atoms with Crippen molar-refractivity contribution in [1.82, 2.24) is 9.97 Å². The summed E-state index contributed by atoms with van der Waals surface area (Å²) in [6, 6.07) is 1.46. The van der Waals surface area contributed by atoms with Gasteiger partial charge in [0.1, 0.15) is 0 Å². The molecule has 0 saturated heterocycles. The molecule has 0 aliphatic rings. The van der Waals surface area contributed by atoms with E-state index in [0.717, 1.165) is 5.69 Å². The monoisotopic (exact) mass is 207 g/mol. The topological polar surface area (TPSA) is 74.7 Å². The summed E-state index contributed by atoms with van der Waals surface area (Å²) in [5.41, 5.74) is 5.89. The Hall–Kier alpha value is -0.650. The van der Waals surface area contributed by atoms with Gasteiger partial charge in [-0.2, -0.15) is 0 Å². The quantitative estimate of drug-likeness (QED) is 0.613. The third kappa shape index (κ3) is 3.17. The number of rotatable bonds is 2. The highest BCUT2D eigenvalue weighted by atomic mass is 35.5. The van der Waals surface area contributed by atoms with Gasteiger partial charge in [0.15, 0.2) is 4.77 Å². The van der Waals surface area contributed by atoms with Crippen LogP contribution in [0.25, 0.3) is 0 Å². The van der Waals surface area contributed by atoms with Crippen molar-refractivity contribution in [2.24, 2.45) is 5.73 Å². The molecule has 4 N–H and O–H groups in total. The molecular formula is C6H10ClN3OS. The maximum atomic E-state index is 10.8. The molecule has 1 aromatic heterocycles. The van der Waals surface area contributed by atoms with Crippen LogP contribution < -0.4 is 11.3 Å². The summed E-state index contributed by atoms with van der Waals surface area (Å²) in [6.07, 6.45) is 0.646. The van der Waals surface area contributed by atoms with E-state index in [1.165, 1.54) is 6.07 Å². The van der Waals surface area contributed by atoms with Crippen molar-refractivity contribution in [3.05, 3.63) is 26.9 Å². The normalized spacial score (nSPS) is 9.08. The highest BCUT2D eigenvalue weighted by Gasteiger charge is 1.91. The van der Waals surface area contributed by atoms with Crippen LogP contribution in [-0.4, -0.2) is 16.5 Å². The van der Waals surface area contributed by atoms with Crippen molar-refractivity contribution >= 4 is 24.6 Å². The zero-order valence-corrected chi connectivity index (χ0v) is 7.93. The summed E-state index contributed by atoms with van der Waals surface area (Å²) in [7, 11) is 0. The molecule has 0 aliphatic heterocycles. The van der Waals surface area contributed by atoms with Crippen molar-refractivity contribution in [1.29, 1.82) is 0 Å². The van der Waals surface area contributed by atoms with Crippen LogP contribution in [0.3, 0.4) is 0 Å². The Balaban J connectivity index is 0.00000121. The van der Waals surface area contributed by atoms with Crippen LogP contribution in [-0.2, 0) is 6.42 Å². The summed E-state index contributed by atoms with van der Waals surface area (Å²) in [4.78, 5) is 16.1. The Bertz CT molecular complexity index is 317. The zero-order valence-electron chi connectivity index (χ0n) is 6.29. The number of H-pyrrole nitrogens is 2. The van der Waals surface area contributed by atoms with Gasteiger partial charge in [-0.3, -0.25) is 9.78 Å². The summed E-state index contributed by atoms with van der Waals surface area (Å²) < 4.78 is 0.348. The summed E-state index contributed by atoms with van der Waals surface area (Å²) >= 11 is 4.75. The predicted molar refractivity (Wildman–Crippen MR) is 52.3 cm³/mol. The molecule has 1 aromatic rings. The molecule has 0 aromatic carbocycles. The second-order valence-electron chi connectivity index (χ2n) is 2.15. The van der Waals surface area contributed by atoms with Gasteiger partial charge in [0.05, 0.1) is 0 Å². The number of halogens is 1. The number of hydrogen-bond donors (Lipinski definition) is 3. The van der Waals surface area contributed by atoms with E-state index in [1.54, 1.807) is 0 Å². The average molecular weight is 208 g/mol. The van der Waals surface area contributed by atoms with Crippen molar-refractivity contribution < 1.29 is 0 Å². The Kier molecular flexibility index (Phi) is 4.80. The molecule has 0 radical (unpaired) electrons. The first kappa shape index (κ1) is 11.4. The molecule has 0 atom stereocenters. The van der Waals surface area contributed by atoms with Crippen molar-refractivity contribution in [3.63, 3.8) is 0 Å². The van der Waals surface area contributed by atoms with Gasteiger partial charge in [-0.05, 0) is 25.2 Å². The van der Waals surface area contributed by atoms with Gasteiger partial charge in [-0.1, -0.05) is 0 Å². The first-order chi connectivity index (χ1) is 5.22. The molecule has 0 bridgehead atoms. The lowest BCUT2D eigenvalue weighted by Gasteiger charge is -1.95. The summed E-state index contributed by atoms with van der Waals surface area (Å²) in [5, 5.41) is 0. The summed E-state index contributed by atoms with van der Waals surface area (Å²) in [5.74, 6) is 0. The van der Waals surface area contributed by atoms with Crippen LogP contribution in [0.5, 0.6) is 0 Å². The number of nitrogens with two attached hydrogens (primary N) is 1. The zero-order chi connectivity index (χ0) is 8.27. The van der Waals surface area contributed by atoms with E-state index in [9.17, 15) is 4.79 Å². The smallest absolute Gasteiger partial charge is 0.251 e. The van der Waals surface area contributed by atoms with E-state index < -0.39 is 0 Å². The molecule has 0 fully saturated rings. The largest absolute Gasteiger partial charge is 0.336 e. The predicted octanol–water partition coefficient (Wildman–Crippen LogP) is 0.355. The minimum atomic E-state index is -0.183. The van der Waals surface area contributed by atoms with E-state index in [-0.39, 0.29) is 18.0 Å². The van der Waals surface area contributed by atoms with Gasteiger partial charge in [-0.15, -0.1) is 12.4 Å². The molecule has 0 spiro atoms. The molecule has 4 nitrogen and oxygen atoms in total. The second kappa shape index (κ2) is 5.08. The molecular weight excluding hydrogens is 198 g/mol. The van der Waals surface area contributed by atoms with Gasteiger partial charge in [0.25, 0.3) is 5.56 Å². The highest BCUT2D eigenvalue weighted by molar-refractivity contribution is 7.71. The van der Waals surface area contributed by atoms with Crippen LogP contribution >= 0.6 is 24.6 Å². The van der Waals surface area contributed by atoms with Gasteiger partial charge >= 0.3 is 0 Å². The third-order valence-corrected chi connectivity index (χ3v) is 1.43. The third-order valence-electron chi connectivity index (χ3n) is 1.23. The maximum Gasteiger partial charge on any atom is 0.251 e.